The molecule has 0 saturated carbocycles. The fourth-order valence-electron chi connectivity index (χ4n) is 4.43. The summed E-state index contributed by atoms with van der Waals surface area (Å²) in [6.07, 6.45) is 6.68. The van der Waals surface area contributed by atoms with E-state index in [-0.39, 0.29) is 29.7 Å². The van der Waals surface area contributed by atoms with Crippen molar-refractivity contribution in [3.63, 3.8) is 0 Å². The molecule has 0 aliphatic carbocycles. The van der Waals surface area contributed by atoms with Gasteiger partial charge < -0.3 is 14.4 Å². The number of benzene rings is 2. The van der Waals surface area contributed by atoms with E-state index in [1.54, 1.807) is 35.3 Å². The predicted octanol–water partition coefficient (Wildman–Crippen LogP) is 4.96. The molecule has 2 aliphatic rings. The van der Waals surface area contributed by atoms with Crippen molar-refractivity contribution in [1.82, 2.24) is 9.80 Å². The number of piperidine rings is 1. The molecule has 2 aliphatic heterocycles. The standard InChI is InChI=1S/C28H29N3O7S/c1-3-7-21-14-20(15-23(37-2)26(21)38-18-19-8-10-22(11-9-19)31(35)36)16-24-27(33)30(28(34)39-24)17-25(32)29-12-5-4-6-13-29/h3,8-11,14-16H,1,4-7,12-13,17-18H2,2H3/b24-16-. The van der Waals surface area contributed by atoms with Crippen molar-refractivity contribution in [2.24, 2.45) is 0 Å². The number of rotatable bonds is 10. The van der Waals surface area contributed by atoms with Gasteiger partial charge in [0.15, 0.2) is 11.5 Å². The molecular formula is C28H29N3O7S. The lowest BCUT2D eigenvalue weighted by Gasteiger charge is -2.27. The van der Waals surface area contributed by atoms with Gasteiger partial charge in [-0.3, -0.25) is 29.4 Å². The number of imide groups is 1. The summed E-state index contributed by atoms with van der Waals surface area (Å²) in [6, 6.07) is 9.59. The van der Waals surface area contributed by atoms with E-state index in [4.69, 9.17) is 9.47 Å². The number of thioether (sulfide) groups is 1. The first kappa shape index (κ1) is 27.9. The fraction of sp³-hybridized carbons (Fsp3) is 0.321. The summed E-state index contributed by atoms with van der Waals surface area (Å²) < 4.78 is 11.6. The van der Waals surface area contributed by atoms with Crippen LogP contribution in [0, 0.1) is 10.1 Å². The van der Waals surface area contributed by atoms with Crippen LogP contribution < -0.4 is 9.47 Å². The van der Waals surface area contributed by atoms with Gasteiger partial charge in [0.2, 0.25) is 5.91 Å². The summed E-state index contributed by atoms with van der Waals surface area (Å²) in [6.45, 7) is 5.00. The van der Waals surface area contributed by atoms with Gasteiger partial charge in [0, 0.05) is 30.8 Å². The number of ether oxygens (including phenoxy) is 2. The Hall–Kier alpha value is -4.12. The molecule has 39 heavy (non-hydrogen) atoms. The Morgan fingerprint density at radius 3 is 2.51 bits per heavy atom. The highest BCUT2D eigenvalue weighted by atomic mass is 32.2. The van der Waals surface area contributed by atoms with Gasteiger partial charge in [-0.25, -0.2) is 0 Å². The van der Waals surface area contributed by atoms with Crippen LogP contribution in [0.3, 0.4) is 0 Å². The Morgan fingerprint density at radius 1 is 1.15 bits per heavy atom. The number of nitro groups is 1. The minimum Gasteiger partial charge on any atom is -0.493 e. The summed E-state index contributed by atoms with van der Waals surface area (Å²) in [4.78, 5) is 51.6. The summed E-state index contributed by atoms with van der Waals surface area (Å²) in [5.74, 6) is 0.177. The quantitative estimate of drug-likeness (QED) is 0.176. The first-order chi connectivity index (χ1) is 18.8. The number of nitrogens with zero attached hydrogens (tertiary/aromatic N) is 3. The van der Waals surface area contributed by atoms with Crippen molar-refractivity contribution in [3.8, 4) is 11.5 Å². The van der Waals surface area contributed by atoms with Crippen molar-refractivity contribution in [1.29, 1.82) is 0 Å². The molecule has 2 fully saturated rings. The average molecular weight is 552 g/mol. The summed E-state index contributed by atoms with van der Waals surface area (Å²) in [5.41, 5.74) is 2.11. The number of likely N-dealkylation sites (tertiary alicyclic amines) is 1. The first-order valence-corrected chi connectivity index (χ1v) is 13.3. The van der Waals surface area contributed by atoms with Crippen molar-refractivity contribution < 1.29 is 28.8 Å². The molecule has 11 heteroatoms. The van der Waals surface area contributed by atoms with E-state index >= 15 is 0 Å². The van der Waals surface area contributed by atoms with Crippen LogP contribution in [0.15, 0.2) is 54.0 Å². The van der Waals surface area contributed by atoms with Crippen molar-refractivity contribution in [2.75, 3.05) is 26.7 Å². The number of allylic oxidation sites excluding steroid dienone is 1. The second-order valence-electron chi connectivity index (χ2n) is 9.13. The molecular weight excluding hydrogens is 522 g/mol. The van der Waals surface area contributed by atoms with E-state index in [0.717, 1.165) is 47.1 Å². The topological polar surface area (TPSA) is 119 Å². The first-order valence-electron chi connectivity index (χ1n) is 12.5. The number of hydrogen-bond donors (Lipinski definition) is 0. The van der Waals surface area contributed by atoms with Crippen LogP contribution in [0.5, 0.6) is 11.5 Å². The molecule has 0 spiro atoms. The van der Waals surface area contributed by atoms with E-state index in [1.807, 2.05) is 6.07 Å². The van der Waals surface area contributed by atoms with Gasteiger partial charge in [0.25, 0.3) is 16.8 Å². The largest absolute Gasteiger partial charge is 0.493 e. The number of amides is 3. The molecule has 0 aromatic heterocycles. The van der Waals surface area contributed by atoms with Gasteiger partial charge in [0.05, 0.1) is 16.9 Å². The number of nitro benzene ring substituents is 1. The lowest BCUT2D eigenvalue weighted by atomic mass is 10.0. The van der Waals surface area contributed by atoms with E-state index in [1.165, 1.54) is 19.2 Å². The number of hydrogen-bond acceptors (Lipinski definition) is 8. The van der Waals surface area contributed by atoms with Gasteiger partial charge >= 0.3 is 0 Å². The maximum absolute atomic E-state index is 13.0. The van der Waals surface area contributed by atoms with Gasteiger partial charge in [-0.1, -0.05) is 6.08 Å². The van der Waals surface area contributed by atoms with Crippen LogP contribution in [0.1, 0.15) is 36.0 Å². The molecule has 0 radical (unpaired) electrons. The fourth-order valence-corrected chi connectivity index (χ4v) is 5.26. The van der Waals surface area contributed by atoms with Crippen molar-refractivity contribution in [3.05, 3.63) is 80.8 Å². The van der Waals surface area contributed by atoms with E-state index in [2.05, 4.69) is 6.58 Å². The molecule has 0 atom stereocenters. The summed E-state index contributed by atoms with van der Waals surface area (Å²) >= 11 is 0.800. The lowest BCUT2D eigenvalue weighted by molar-refractivity contribution is -0.384. The molecule has 2 aromatic carbocycles. The second-order valence-corrected chi connectivity index (χ2v) is 10.1. The zero-order chi connectivity index (χ0) is 27.9. The monoisotopic (exact) mass is 551 g/mol. The molecule has 4 rings (SSSR count). The predicted molar refractivity (Wildman–Crippen MR) is 147 cm³/mol. The minimum atomic E-state index is -0.502. The second kappa shape index (κ2) is 12.6. The Bertz CT molecular complexity index is 1320. The van der Waals surface area contributed by atoms with Crippen LogP contribution in [-0.2, 0) is 22.6 Å². The number of carbonyl (C=O) groups excluding carboxylic acids is 3. The number of carbonyl (C=O) groups is 3. The number of methoxy groups -OCH3 is 1. The molecule has 0 bridgehead atoms. The molecule has 2 aromatic rings. The Balaban J connectivity index is 1.52. The van der Waals surface area contributed by atoms with E-state index in [9.17, 15) is 24.5 Å². The SMILES string of the molecule is C=CCc1cc(/C=C2\SC(=O)N(CC(=O)N3CCCCC3)C2=O)cc(OC)c1OCc1ccc([N+](=O)[O-])cc1. The third-order valence-electron chi connectivity index (χ3n) is 6.44. The zero-order valence-corrected chi connectivity index (χ0v) is 22.4. The van der Waals surface area contributed by atoms with Crippen LogP contribution in [0.25, 0.3) is 6.08 Å². The van der Waals surface area contributed by atoms with Gasteiger partial charge in [0.1, 0.15) is 13.2 Å². The number of non-ortho nitro benzene ring substituents is 1. The van der Waals surface area contributed by atoms with Gasteiger partial charge in [-0.15, -0.1) is 6.58 Å². The molecule has 204 valence electrons. The highest BCUT2D eigenvalue weighted by Gasteiger charge is 2.37. The van der Waals surface area contributed by atoms with E-state index in [0.29, 0.717) is 36.6 Å². The molecule has 3 amide bonds. The lowest BCUT2D eigenvalue weighted by Crippen LogP contribution is -2.44. The molecule has 2 saturated heterocycles. The van der Waals surface area contributed by atoms with Crippen LogP contribution in [-0.4, -0.2) is 58.5 Å². The maximum Gasteiger partial charge on any atom is 0.294 e. The smallest absolute Gasteiger partial charge is 0.294 e. The summed E-state index contributed by atoms with van der Waals surface area (Å²) in [7, 11) is 1.50. The Kier molecular flexibility index (Phi) is 9.03. The van der Waals surface area contributed by atoms with Crippen molar-refractivity contribution in [2.45, 2.75) is 32.3 Å². The Morgan fingerprint density at radius 2 is 1.87 bits per heavy atom. The minimum absolute atomic E-state index is 0.00620. The van der Waals surface area contributed by atoms with Gasteiger partial charge in [-0.2, -0.15) is 0 Å². The molecule has 0 unspecified atom stereocenters. The third-order valence-corrected chi connectivity index (χ3v) is 7.35. The highest BCUT2D eigenvalue weighted by Crippen LogP contribution is 2.37. The van der Waals surface area contributed by atoms with Gasteiger partial charge in [-0.05, 0) is 78.9 Å². The zero-order valence-electron chi connectivity index (χ0n) is 21.6. The van der Waals surface area contributed by atoms with Crippen LogP contribution in [0.2, 0.25) is 0 Å². The van der Waals surface area contributed by atoms with E-state index < -0.39 is 16.1 Å². The average Bonchev–Trinajstić information content (AvgIpc) is 3.20. The van der Waals surface area contributed by atoms with Crippen molar-refractivity contribution >= 4 is 40.6 Å². The molecule has 10 nitrogen and oxygen atoms in total. The maximum atomic E-state index is 13.0. The highest BCUT2D eigenvalue weighted by molar-refractivity contribution is 8.18. The Labute approximate surface area is 230 Å². The normalized spacial score (nSPS) is 16.5. The summed E-state index contributed by atoms with van der Waals surface area (Å²) in [5, 5.41) is 10.4. The molecule has 0 N–H and O–H groups in total. The van der Waals surface area contributed by atoms with Crippen LogP contribution >= 0.6 is 11.8 Å². The molecule has 2 heterocycles. The third kappa shape index (κ3) is 6.66. The van der Waals surface area contributed by atoms with Crippen LogP contribution in [0.4, 0.5) is 10.5 Å².